The largest absolute Gasteiger partial charge is 0.482 e. The van der Waals surface area contributed by atoms with E-state index < -0.39 is 54.0 Å². The molecule has 3 aliphatic heterocycles. The lowest BCUT2D eigenvalue weighted by atomic mass is 9.33. The van der Waals surface area contributed by atoms with E-state index in [1.807, 2.05) is 6.92 Å². The summed E-state index contributed by atoms with van der Waals surface area (Å²) in [7, 11) is 1.76. The van der Waals surface area contributed by atoms with Gasteiger partial charge in [-0.15, -0.1) is 11.3 Å². The minimum absolute atomic E-state index is 0.172. The molecule has 3 unspecified atom stereocenters. The van der Waals surface area contributed by atoms with E-state index >= 15 is 0 Å². The summed E-state index contributed by atoms with van der Waals surface area (Å²) >= 11 is 1.71. The van der Waals surface area contributed by atoms with Gasteiger partial charge in [0, 0.05) is 46.9 Å². The Hall–Kier alpha value is -2.29. The van der Waals surface area contributed by atoms with Crippen molar-refractivity contribution in [2.75, 3.05) is 20.2 Å². The topological polar surface area (TPSA) is 158 Å². The van der Waals surface area contributed by atoms with Crippen LogP contribution in [0.4, 0.5) is 0 Å². The molecule has 10 rings (SSSR count). The van der Waals surface area contributed by atoms with Crippen LogP contribution in [0.1, 0.15) is 67.9 Å². The second-order valence-electron chi connectivity index (χ2n) is 16.2. The van der Waals surface area contributed by atoms with Gasteiger partial charge in [0.15, 0.2) is 17.6 Å². The molecule has 266 valence electrons. The van der Waals surface area contributed by atoms with Crippen molar-refractivity contribution in [2.24, 2.45) is 17.3 Å². The van der Waals surface area contributed by atoms with E-state index in [0.717, 1.165) is 63.1 Å². The summed E-state index contributed by atoms with van der Waals surface area (Å²) in [5.74, 6) is -0.0672. The number of methoxy groups -OCH3 is 1. The number of aryl methyl sites for hydroxylation is 1. The summed E-state index contributed by atoms with van der Waals surface area (Å²) in [6.45, 7) is 4.03. The maximum absolute atomic E-state index is 12.5. The van der Waals surface area contributed by atoms with Crippen LogP contribution in [0.15, 0.2) is 29.6 Å². The first kappa shape index (κ1) is 32.6. The molecular weight excluding hydrogens is 650 g/mol. The minimum Gasteiger partial charge on any atom is -0.482 e. The standard InChI is InChI=1S/C37H47NO10S/c1-34(44,10-9-21-4-3-15-49-21)23-17-35-11-12-37(23,45-2)33-36(35)13-14-38(18-19-5-6-19)24(35)16-20-7-8-22(29(48-33)25(20)36)46-32-28(41)26(39)27(40)30(47-32)31(42)43/h3-4,7-8,15,19,23-24,26-28,30,32-33,39-41,44H,5-6,9-14,16-18H2,1-2H3,(H,42,43)/t23?,24-,26+,27+,28-,30+,32?,33?,34-,35+,36+,37-/m1/s1. The lowest BCUT2D eigenvalue weighted by Crippen LogP contribution is -2.82. The highest BCUT2D eigenvalue weighted by molar-refractivity contribution is 7.09. The Bertz CT molecular complexity index is 1630. The van der Waals surface area contributed by atoms with Crippen molar-refractivity contribution in [3.63, 3.8) is 0 Å². The fourth-order valence-corrected chi connectivity index (χ4v) is 12.2. The molecule has 0 amide bonds. The van der Waals surface area contributed by atoms with Crippen molar-refractivity contribution in [2.45, 2.75) is 124 Å². The Kier molecular flexibility index (Phi) is 7.39. The number of rotatable bonds is 10. The molecule has 5 N–H and O–H groups in total. The number of carboxylic acid groups (broad SMARTS) is 1. The fourth-order valence-electron chi connectivity index (χ4n) is 11.5. The van der Waals surface area contributed by atoms with E-state index in [0.29, 0.717) is 24.0 Å². The highest BCUT2D eigenvalue weighted by Crippen LogP contribution is 2.77. The van der Waals surface area contributed by atoms with E-state index in [-0.39, 0.29) is 16.7 Å². The van der Waals surface area contributed by atoms with Crippen LogP contribution in [-0.4, -0.2) is 111 Å². The second kappa shape index (κ2) is 11.1. The molecule has 2 spiro atoms. The molecule has 4 bridgehead atoms. The first-order valence-electron chi connectivity index (χ1n) is 17.9. The summed E-state index contributed by atoms with van der Waals surface area (Å²) in [6, 6.07) is 8.32. The molecule has 4 saturated carbocycles. The molecular formula is C37H47NO10S. The molecule has 49 heavy (non-hydrogen) atoms. The number of aliphatic carboxylic acids is 1. The van der Waals surface area contributed by atoms with Gasteiger partial charge >= 0.3 is 5.97 Å². The molecule has 12 atom stereocenters. The van der Waals surface area contributed by atoms with Crippen molar-refractivity contribution in [3.8, 4) is 11.5 Å². The number of likely N-dealkylation sites (tertiary alicyclic amines) is 1. The third-order valence-electron chi connectivity index (χ3n) is 13.9. The van der Waals surface area contributed by atoms with Gasteiger partial charge in [-0.1, -0.05) is 12.1 Å². The SMILES string of the molecule is CO[C@]12CC[C@]3(CC1[C@](C)(O)CCc1cccs1)[C@H]1Cc4ccc(OC5O[C@H](C(=O)O)[C@@H](O)[C@H](O)[C@H]5O)c5c4[C@@]3(CCN1CC1CC1)C2O5. The zero-order valence-electron chi connectivity index (χ0n) is 28.0. The number of carbonyl (C=O) groups is 1. The van der Waals surface area contributed by atoms with Gasteiger partial charge in [-0.25, -0.2) is 4.79 Å². The highest BCUT2D eigenvalue weighted by Gasteiger charge is 2.82. The average molecular weight is 698 g/mol. The van der Waals surface area contributed by atoms with Gasteiger partial charge in [0.05, 0.1) is 5.60 Å². The number of benzene rings is 1. The van der Waals surface area contributed by atoms with E-state index in [4.69, 9.17) is 18.9 Å². The summed E-state index contributed by atoms with van der Waals surface area (Å²) < 4.78 is 25.7. The van der Waals surface area contributed by atoms with Crippen molar-refractivity contribution in [1.82, 2.24) is 4.90 Å². The molecule has 6 fully saturated rings. The molecule has 1 aromatic heterocycles. The fraction of sp³-hybridized carbons (Fsp3) is 0.703. The zero-order chi connectivity index (χ0) is 34.1. The van der Waals surface area contributed by atoms with Crippen molar-refractivity contribution >= 4 is 17.3 Å². The van der Waals surface area contributed by atoms with Gasteiger partial charge < -0.3 is 44.5 Å². The van der Waals surface area contributed by atoms with E-state index in [1.54, 1.807) is 24.5 Å². The van der Waals surface area contributed by atoms with Crippen LogP contribution in [-0.2, 0) is 32.5 Å². The summed E-state index contributed by atoms with van der Waals surface area (Å²) in [5, 5.41) is 55.9. The Labute approximate surface area is 289 Å². The lowest BCUT2D eigenvalue weighted by Gasteiger charge is -2.75. The molecule has 4 heterocycles. The minimum atomic E-state index is -1.82. The predicted molar refractivity (Wildman–Crippen MR) is 177 cm³/mol. The van der Waals surface area contributed by atoms with Crippen LogP contribution in [0.5, 0.6) is 11.5 Å². The number of hydrogen-bond donors (Lipinski definition) is 5. The highest BCUT2D eigenvalue weighted by atomic mass is 32.1. The van der Waals surface area contributed by atoms with Crippen molar-refractivity contribution in [1.29, 1.82) is 0 Å². The van der Waals surface area contributed by atoms with Crippen molar-refractivity contribution < 1.29 is 49.3 Å². The molecule has 12 heteroatoms. The molecule has 2 saturated heterocycles. The number of carboxylic acids is 1. The number of fused-ring (bicyclic) bond motifs is 2. The van der Waals surface area contributed by atoms with E-state index in [9.17, 15) is 30.3 Å². The number of ether oxygens (including phenoxy) is 4. The number of aliphatic hydroxyl groups is 4. The number of thiophene rings is 1. The molecule has 8 aliphatic rings. The van der Waals surface area contributed by atoms with Crippen LogP contribution in [0, 0.1) is 17.3 Å². The molecule has 2 aromatic rings. The van der Waals surface area contributed by atoms with Crippen LogP contribution < -0.4 is 9.47 Å². The lowest BCUT2D eigenvalue weighted by molar-refractivity contribution is -0.303. The Balaban J connectivity index is 1.14. The van der Waals surface area contributed by atoms with Crippen LogP contribution in [0.3, 0.4) is 0 Å². The summed E-state index contributed by atoms with van der Waals surface area (Å²) in [6.07, 6.45) is -0.777. The van der Waals surface area contributed by atoms with Crippen molar-refractivity contribution in [3.05, 3.63) is 45.6 Å². The Morgan fingerprint density at radius 2 is 1.94 bits per heavy atom. The smallest absolute Gasteiger partial charge is 0.335 e. The number of piperidine rings is 1. The maximum atomic E-state index is 12.5. The normalized spacial score (nSPS) is 43.1. The van der Waals surface area contributed by atoms with Gasteiger partial charge in [0.1, 0.15) is 30.0 Å². The van der Waals surface area contributed by atoms with Gasteiger partial charge in [-0.3, -0.25) is 4.90 Å². The second-order valence-corrected chi connectivity index (χ2v) is 17.2. The van der Waals surface area contributed by atoms with Crippen LogP contribution in [0.2, 0.25) is 0 Å². The predicted octanol–water partition coefficient (Wildman–Crippen LogP) is 2.63. The van der Waals surface area contributed by atoms with Crippen LogP contribution in [0.25, 0.3) is 0 Å². The zero-order valence-corrected chi connectivity index (χ0v) is 28.8. The summed E-state index contributed by atoms with van der Waals surface area (Å²) in [5.41, 5.74) is -0.0504. The third-order valence-corrected chi connectivity index (χ3v) is 14.8. The van der Waals surface area contributed by atoms with Gasteiger partial charge in [0.2, 0.25) is 6.29 Å². The van der Waals surface area contributed by atoms with E-state index in [2.05, 4.69) is 28.5 Å². The molecule has 11 nitrogen and oxygen atoms in total. The quantitative estimate of drug-likeness (QED) is 0.249. The van der Waals surface area contributed by atoms with Gasteiger partial charge in [-0.05, 0) is 100 Å². The van der Waals surface area contributed by atoms with Gasteiger partial charge in [-0.2, -0.15) is 0 Å². The third kappa shape index (κ3) is 4.41. The molecule has 0 radical (unpaired) electrons. The van der Waals surface area contributed by atoms with E-state index in [1.165, 1.54) is 23.3 Å². The average Bonchev–Trinajstić information content (AvgIpc) is 3.59. The Morgan fingerprint density at radius 3 is 2.65 bits per heavy atom. The Morgan fingerprint density at radius 1 is 1.12 bits per heavy atom. The molecule has 5 aliphatic carbocycles. The summed E-state index contributed by atoms with van der Waals surface area (Å²) in [4.78, 5) is 15.9. The first-order valence-corrected chi connectivity index (χ1v) is 18.8. The monoisotopic (exact) mass is 697 g/mol. The van der Waals surface area contributed by atoms with Gasteiger partial charge in [0.25, 0.3) is 0 Å². The first-order chi connectivity index (χ1) is 23.5. The molecule has 1 aromatic carbocycles. The maximum Gasteiger partial charge on any atom is 0.335 e. The number of aliphatic hydroxyl groups excluding tert-OH is 3. The number of nitrogens with zero attached hydrogens (tertiary/aromatic N) is 1. The number of hydrogen-bond acceptors (Lipinski definition) is 11. The van der Waals surface area contributed by atoms with Crippen LogP contribution >= 0.6 is 11.3 Å².